The standard InChI is InChI=1S/C27H29N7O3/c1-27(2,3)25-34-33-24(37-25)20-14-29-26(30-18-9-10-19-17(13-18)11-12-28-23(19)36)32-22(20)31-21(15-35)16-7-5-4-6-8-16/h4-10,13-14,21,35H,11-12,15H2,1-3H3,(H,28,36)(H2,29,30,31,32)/t21-/m1/s1. The van der Waals surface area contributed by atoms with Crippen LogP contribution in [0.5, 0.6) is 0 Å². The Morgan fingerprint density at radius 1 is 1.11 bits per heavy atom. The van der Waals surface area contributed by atoms with Crippen molar-refractivity contribution in [2.75, 3.05) is 23.8 Å². The largest absolute Gasteiger partial charge is 0.420 e. The quantitative estimate of drug-likeness (QED) is 0.297. The van der Waals surface area contributed by atoms with Crippen molar-refractivity contribution in [2.45, 2.75) is 38.6 Å². The van der Waals surface area contributed by atoms with Crippen LogP contribution in [0.25, 0.3) is 11.5 Å². The van der Waals surface area contributed by atoms with Crippen LogP contribution in [0.2, 0.25) is 0 Å². The fraction of sp³-hybridized carbons (Fsp3) is 0.296. The van der Waals surface area contributed by atoms with Crippen molar-refractivity contribution in [1.82, 2.24) is 25.5 Å². The topological polar surface area (TPSA) is 138 Å². The number of aliphatic hydroxyl groups is 1. The Morgan fingerprint density at radius 2 is 1.92 bits per heavy atom. The highest BCUT2D eigenvalue weighted by atomic mass is 16.4. The van der Waals surface area contributed by atoms with Gasteiger partial charge in [0.15, 0.2) is 0 Å². The molecule has 10 nitrogen and oxygen atoms in total. The fourth-order valence-corrected chi connectivity index (χ4v) is 4.06. The molecule has 0 fully saturated rings. The molecule has 37 heavy (non-hydrogen) atoms. The Balaban J connectivity index is 1.50. The smallest absolute Gasteiger partial charge is 0.253 e. The van der Waals surface area contributed by atoms with Crippen LogP contribution in [0.15, 0.2) is 59.1 Å². The third-order valence-electron chi connectivity index (χ3n) is 6.07. The van der Waals surface area contributed by atoms with E-state index in [1.54, 1.807) is 12.3 Å². The molecule has 0 spiro atoms. The first kappa shape index (κ1) is 24.4. The lowest BCUT2D eigenvalue weighted by Crippen LogP contribution is -2.31. The van der Waals surface area contributed by atoms with E-state index in [-0.39, 0.29) is 23.8 Å². The molecule has 10 heteroatoms. The van der Waals surface area contributed by atoms with E-state index in [9.17, 15) is 9.90 Å². The SMILES string of the molecule is CC(C)(C)c1nnc(-c2cnc(Nc3ccc4c(c3)CCNC4=O)nc2N[C@H](CO)c2ccccc2)o1. The molecule has 0 saturated carbocycles. The molecule has 1 aliphatic rings. The maximum atomic E-state index is 12.1. The van der Waals surface area contributed by atoms with Gasteiger partial charge in [-0.3, -0.25) is 4.79 Å². The number of carbonyl (C=O) groups excluding carboxylic acids is 1. The highest BCUT2D eigenvalue weighted by Gasteiger charge is 2.25. The lowest BCUT2D eigenvalue weighted by Gasteiger charge is -2.20. The monoisotopic (exact) mass is 499 g/mol. The van der Waals surface area contributed by atoms with E-state index < -0.39 is 6.04 Å². The van der Waals surface area contributed by atoms with Gasteiger partial charge in [-0.15, -0.1) is 10.2 Å². The number of amides is 1. The predicted octanol–water partition coefficient (Wildman–Crippen LogP) is 4.00. The van der Waals surface area contributed by atoms with Gasteiger partial charge in [0.25, 0.3) is 11.8 Å². The zero-order valence-electron chi connectivity index (χ0n) is 20.9. The summed E-state index contributed by atoms with van der Waals surface area (Å²) in [7, 11) is 0. The Labute approximate surface area is 214 Å². The lowest BCUT2D eigenvalue weighted by molar-refractivity contribution is 0.0946. The van der Waals surface area contributed by atoms with Crippen LogP contribution in [0.4, 0.5) is 17.5 Å². The molecular formula is C27H29N7O3. The first-order valence-corrected chi connectivity index (χ1v) is 12.1. The molecule has 4 aromatic rings. The molecule has 190 valence electrons. The molecule has 4 N–H and O–H groups in total. The summed E-state index contributed by atoms with van der Waals surface area (Å²) in [4.78, 5) is 21.3. The number of nitrogens with one attached hydrogen (secondary N) is 3. The van der Waals surface area contributed by atoms with Gasteiger partial charge in [-0.1, -0.05) is 51.1 Å². The van der Waals surface area contributed by atoms with E-state index in [4.69, 9.17) is 9.40 Å². The van der Waals surface area contributed by atoms with Crippen molar-refractivity contribution in [2.24, 2.45) is 0 Å². The molecule has 1 atom stereocenters. The van der Waals surface area contributed by atoms with E-state index in [1.807, 2.05) is 63.2 Å². The average molecular weight is 500 g/mol. The second-order valence-corrected chi connectivity index (χ2v) is 9.91. The minimum absolute atomic E-state index is 0.0648. The first-order chi connectivity index (χ1) is 17.8. The molecule has 1 amide bonds. The third kappa shape index (κ3) is 5.29. The van der Waals surface area contributed by atoms with Crippen LogP contribution in [0.1, 0.15) is 54.2 Å². The average Bonchev–Trinajstić information content (AvgIpc) is 3.39. The summed E-state index contributed by atoms with van der Waals surface area (Å²) in [6, 6.07) is 14.7. The van der Waals surface area contributed by atoms with Crippen LogP contribution >= 0.6 is 0 Å². The zero-order chi connectivity index (χ0) is 26.0. The van der Waals surface area contributed by atoms with Gasteiger partial charge in [-0.2, -0.15) is 4.98 Å². The Kier molecular flexibility index (Phi) is 6.58. The van der Waals surface area contributed by atoms with Crippen LogP contribution in [-0.4, -0.2) is 44.3 Å². The number of fused-ring (bicyclic) bond motifs is 1. The second-order valence-electron chi connectivity index (χ2n) is 9.91. The van der Waals surface area contributed by atoms with E-state index >= 15 is 0 Å². The Hall–Kier alpha value is -4.31. The number of carbonyl (C=O) groups is 1. The van der Waals surface area contributed by atoms with E-state index in [0.29, 0.717) is 35.3 Å². The summed E-state index contributed by atoms with van der Waals surface area (Å²) in [6.07, 6.45) is 2.37. The number of hydrogen-bond donors (Lipinski definition) is 4. The highest BCUT2D eigenvalue weighted by molar-refractivity contribution is 5.97. The van der Waals surface area contributed by atoms with Crippen LogP contribution < -0.4 is 16.0 Å². The molecule has 2 aromatic carbocycles. The maximum Gasteiger partial charge on any atom is 0.253 e. The number of aliphatic hydroxyl groups excluding tert-OH is 1. The van der Waals surface area contributed by atoms with Gasteiger partial charge in [0.2, 0.25) is 11.8 Å². The van der Waals surface area contributed by atoms with Gasteiger partial charge in [0.1, 0.15) is 5.82 Å². The zero-order valence-corrected chi connectivity index (χ0v) is 20.9. The maximum absolute atomic E-state index is 12.1. The minimum atomic E-state index is -0.421. The van der Waals surface area contributed by atoms with Gasteiger partial charge in [-0.05, 0) is 35.7 Å². The van der Waals surface area contributed by atoms with E-state index in [2.05, 4.69) is 31.1 Å². The Morgan fingerprint density at radius 3 is 2.65 bits per heavy atom. The van der Waals surface area contributed by atoms with Crippen LogP contribution in [0, 0.1) is 0 Å². The normalized spacial score (nSPS) is 14.0. The molecule has 0 bridgehead atoms. The van der Waals surface area contributed by atoms with Crippen molar-refractivity contribution >= 4 is 23.4 Å². The summed E-state index contributed by atoms with van der Waals surface area (Å²) in [5.41, 5.74) is 3.51. The molecule has 0 saturated heterocycles. The highest BCUT2D eigenvalue weighted by Crippen LogP contribution is 2.32. The molecule has 1 aliphatic heterocycles. The molecule has 0 radical (unpaired) electrons. The number of hydrogen-bond acceptors (Lipinski definition) is 9. The van der Waals surface area contributed by atoms with Crippen molar-refractivity contribution in [3.63, 3.8) is 0 Å². The summed E-state index contributed by atoms with van der Waals surface area (Å²) in [5.74, 6) is 1.48. The summed E-state index contributed by atoms with van der Waals surface area (Å²) < 4.78 is 5.96. The third-order valence-corrected chi connectivity index (χ3v) is 6.07. The van der Waals surface area contributed by atoms with Crippen LogP contribution in [0.3, 0.4) is 0 Å². The molecule has 3 heterocycles. The molecule has 0 unspecified atom stereocenters. The summed E-state index contributed by atoms with van der Waals surface area (Å²) in [5, 5.41) is 28.0. The molecular weight excluding hydrogens is 470 g/mol. The fourth-order valence-electron chi connectivity index (χ4n) is 4.06. The molecule has 5 rings (SSSR count). The molecule has 2 aromatic heterocycles. The van der Waals surface area contributed by atoms with Gasteiger partial charge in [0.05, 0.1) is 18.2 Å². The second kappa shape index (κ2) is 9.98. The van der Waals surface area contributed by atoms with Gasteiger partial charge < -0.3 is 25.5 Å². The van der Waals surface area contributed by atoms with Crippen molar-refractivity contribution in [3.05, 3.63) is 77.3 Å². The summed E-state index contributed by atoms with van der Waals surface area (Å²) >= 11 is 0. The van der Waals surface area contributed by atoms with E-state index in [1.165, 1.54) is 0 Å². The number of anilines is 3. The first-order valence-electron chi connectivity index (χ1n) is 12.1. The van der Waals surface area contributed by atoms with Crippen molar-refractivity contribution in [1.29, 1.82) is 0 Å². The number of aromatic nitrogens is 4. The number of nitrogens with zero attached hydrogens (tertiary/aromatic N) is 4. The minimum Gasteiger partial charge on any atom is -0.420 e. The number of benzene rings is 2. The van der Waals surface area contributed by atoms with E-state index in [0.717, 1.165) is 23.2 Å². The van der Waals surface area contributed by atoms with Gasteiger partial charge >= 0.3 is 0 Å². The summed E-state index contributed by atoms with van der Waals surface area (Å²) in [6.45, 7) is 6.43. The predicted molar refractivity (Wildman–Crippen MR) is 140 cm³/mol. The Bertz CT molecular complexity index is 1410. The van der Waals surface area contributed by atoms with Crippen LogP contribution in [-0.2, 0) is 11.8 Å². The number of rotatable bonds is 7. The van der Waals surface area contributed by atoms with Gasteiger partial charge in [-0.25, -0.2) is 4.98 Å². The lowest BCUT2D eigenvalue weighted by atomic mass is 9.97. The van der Waals surface area contributed by atoms with Crippen molar-refractivity contribution in [3.8, 4) is 11.5 Å². The molecule has 0 aliphatic carbocycles. The van der Waals surface area contributed by atoms with Crippen molar-refractivity contribution < 1.29 is 14.3 Å². The van der Waals surface area contributed by atoms with Gasteiger partial charge in [0, 0.05) is 29.4 Å².